The molecule has 1 fully saturated rings. The molecular weight excluding hydrogens is 433 g/mol. The molecule has 2 aromatic carbocycles. The summed E-state index contributed by atoms with van der Waals surface area (Å²) >= 11 is 0. The number of aryl methyl sites for hydroxylation is 1. The maximum Gasteiger partial charge on any atom is 0.435 e. The maximum absolute atomic E-state index is 11.7. The zero-order chi connectivity index (χ0) is 23.8. The Morgan fingerprint density at radius 2 is 1.88 bits per heavy atom. The van der Waals surface area contributed by atoms with Gasteiger partial charge in [-0.05, 0) is 42.0 Å². The molecule has 33 heavy (non-hydrogen) atoms. The molecule has 1 aliphatic carbocycles. The Morgan fingerprint density at radius 1 is 1.18 bits per heavy atom. The number of hydrogen-bond acceptors (Lipinski definition) is 4. The molecule has 1 aromatic heterocycles. The minimum atomic E-state index is -4.32. The van der Waals surface area contributed by atoms with Gasteiger partial charge in [-0.25, -0.2) is 0 Å². The number of alkyl halides is 3. The molecule has 1 aliphatic rings. The van der Waals surface area contributed by atoms with Crippen molar-refractivity contribution in [1.29, 1.82) is 0 Å². The van der Waals surface area contributed by atoms with Crippen molar-refractivity contribution >= 4 is 17.8 Å². The molecule has 0 unspecified atom stereocenters. The molecule has 9 heteroatoms. The van der Waals surface area contributed by atoms with Crippen molar-refractivity contribution < 1.29 is 22.8 Å². The van der Waals surface area contributed by atoms with Crippen LogP contribution < -0.4 is 5.32 Å². The largest absolute Gasteiger partial charge is 0.435 e. The topological polar surface area (TPSA) is 68.5 Å². The van der Waals surface area contributed by atoms with Gasteiger partial charge in [0.05, 0.1) is 6.21 Å². The fraction of sp³-hybridized carbons (Fsp3) is 0.292. The van der Waals surface area contributed by atoms with Crippen LogP contribution in [0.5, 0.6) is 0 Å². The molecular formula is C24H25F3N4O2. The van der Waals surface area contributed by atoms with E-state index in [4.69, 9.17) is 4.84 Å². The van der Waals surface area contributed by atoms with E-state index in [1.54, 1.807) is 6.21 Å². The van der Waals surface area contributed by atoms with Gasteiger partial charge in [-0.3, -0.25) is 9.48 Å². The van der Waals surface area contributed by atoms with Crippen molar-refractivity contribution in [2.24, 2.45) is 18.1 Å². The second-order valence-electron chi connectivity index (χ2n) is 7.69. The van der Waals surface area contributed by atoms with Crippen LogP contribution in [0.4, 0.5) is 18.9 Å². The quantitative estimate of drug-likeness (QED) is 0.391. The predicted octanol–water partition coefficient (Wildman–Crippen LogP) is 5.51. The first-order valence-electron chi connectivity index (χ1n) is 10.4. The first-order valence-corrected chi connectivity index (χ1v) is 10.4. The molecule has 1 saturated carbocycles. The number of aromatic nitrogens is 2. The van der Waals surface area contributed by atoms with Crippen LogP contribution in [0.2, 0.25) is 0 Å². The summed E-state index contributed by atoms with van der Waals surface area (Å²) in [5.41, 5.74) is 2.99. The minimum absolute atomic E-state index is 0.0750. The van der Waals surface area contributed by atoms with E-state index in [2.05, 4.69) is 15.6 Å². The Hall–Kier alpha value is -3.62. The summed E-state index contributed by atoms with van der Waals surface area (Å²) in [5.74, 6) is 0.633. The molecule has 6 nitrogen and oxygen atoms in total. The van der Waals surface area contributed by atoms with Gasteiger partial charge in [-0.15, -0.1) is 0 Å². The SMILES string of the molecule is CC(=O)Nc1ccccc1-c1ccc(/C=N\OCC2CC2)cc1.Cn1ccc(C(F)(F)F)n1. The normalized spacial score (nSPS) is 13.4. The van der Waals surface area contributed by atoms with E-state index >= 15 is 0 Å². The van der Waals surface area contributed by atoms with Gasteiger partial charge in [-0.1, -0.05) is 47.6 Å². The number of nitrogens with zero attached hydrogens (tertiary/aromatic N) is 3. The average Bonchev–Trinajstić information content (AvgIpc) is 3.49. The van der Waals surface area contributed by atoms with Gasteiger partial charge < -0.3 is 10.2 Å². The van der Waals surface area contributed by atoms with Crippen LogP contribution >= 0.6 is 0 Å². The van der Waals surface area contributed by atoms with Gasteiger partial charge in [0, 0.05) is 31.4 Å². The maximum atomic E-state index is 11.7. The van der Waals surface area contributed by atoms with Gasteiger partial charge in [-0.2, -0.15) is 18.3 Å². The molecule has 0 spiro atoms. The number of rotatable bonds is 6. The molecule has 1 N–H and O–H groups in total. The predicted molar refractivity (Wildman–Crippen MR) is 121 cm³/mol. The van der Waals surface area contributed by atoms with Crippen molar-refractivity contribution in [3.63, 3.8) is 0 Å². The number of oxime groups is 1. The summed E-state index contributed by atoms with van der Waals surface area (Å²) in [6.07, 6.45) is 1.19. The van der Waals surface area contributed by atoms with Gasteiger partial charge in [0.15, 0.2) is 5.69 Å². The first-order chi connectivity index (χ1) is 15.7. The summed E-state index contributed by atoms with van der Waals surface area (Å²) < 4.78 is 36.3. The van der Waals surface area contributed by atoms with Gasteiger partial charge in [0.2, 0.25) is 5.91 Å². The standard InChI is InChI=1S/C19H20N2O2.C5H5F3N2/c1-14(22)21-19-5-3-2-4-18(19)17-10-8-15(9-11-17)12-20-23-13-16-6-7-16;1-10-3-2-4(9-10)5(6,7)8/h2-5,8-12,16H,6-7,13H2,1H3,(H,21,22);2-3H,1H3/b20-12-;. The summed E-state index contributed by atoms with van der Waals surface area (Å²) in [6.45, 7) is 2.23. The van der Waals surface area contributed by atoms with Gasteiger partial charge in [0.25, 0.3) is 0 Å². The van der Waals surface area contributed by atoms with E-state index in [0.29, 0.717) is 5.92 Å². The van der Waals surface area contributed by atoms with Gasteiger partial charge in [0.1, 0.15) is 6.61 Å². The number of benzene rings is 2. The summed E-state index contributed by atoms with van der Waals surface area (Å²) in [6, 6.07) is 16.7. The van der Waals surface area contributed by atoms with Crippen LogP contribution in [0.25, 0.3) is 11.1 Å². The van der Waals surface area contributed by atoms with Crippen molar-refractivity contribution in [2.45, 2.75) is 25.9 Å². The summed E-state index contributed by atoms with van der Waals surface area (Å²) in [4.78, 5) is 16.6. The Bertz CT molecular complexity index is 1090. The highest BCUT2D eigenvalue weighted by Gasteiger charge is 2.33. The van der Waals surface area contributed by atoms with Crippen LogP contribution in [-0.4, -0.2) is 28.5 Å². The number of anilines is 1. The lowest BCUT2D eigenvalue weighted by Gasteiger charge is -2.10. The zero-order valence-electron chi connectivity index (χ0n) is 18.3. The van der Waals surface area contributed by atoms with E-state index < -0.39 is 11.9 Å². The van der Waals surface area contributed by atoms with Crippen molar-refractivity contribution in [3.8, 4) is 11.1 Å². The van der Waals surface area contributed by atoms with Crippen molar-refractivity contribution in [3.05, 3.63) is 72.1 Å². The molecule has 4 rings (SSSR count). The highest BCUT2D eigenvalue weighted by atomic mass is 19.4. The number of carbonyl (C=O) groups excluding carboxylic acids is 1. The van der Waals surface area contributed by atoms with E-state index in [9.17, 15) is 18.0 Å². The molecule has 174 valence electrons. The third kappa shape index (κ3) is 7.78. The third-order valence-corrected chi connectivity index (χ3v) is 4.75. The fourth-order valence-electron chi connectivity index (χ4n) is 2.88. The lowest BCUT2D eigenvalue weighted by molar-refractivity contribution is -0.141. The smallest absolute Gasteiger partial charge is 0.396 e. The number of nitrogens with one attached hydrogen (secondary N) is 1. The molecule has 3 aromatic rings. The summed E-state index contributed by atoms with van der Waals surface area (Å²) in [7, 11) is 1.44. The summed E-state index contributed by atoms with van der Waals surface area (Å²) in [5, 5.41) is 10.0. The number of halogens is 3. The van der Waals surface area contributed by atoms with E-state index in [1.807, 2.05) is 48.5 Å². The fourth-order valence-corrected chi connectivity index (χ4v) is 2.88. The van der Waals surface area contributed by atoms with Crippen LogP contribution in [-0.2, 0) is 22.9 Å². The molecule has 0 saturated heterocycles. The second kappa shape index (κ2) is 10.8. The molecule has 1 heterocycles. The van der Waals surface area contributed by atoms with E-state index in [-0.39, 0.29) is 5.91 Å². The lowest BCUT2D eigenvalue weighted by Crippen LogP contribution is -2.06. The molecule has 1 amide bonds. The Balaban J connectivity index is 0.000000257. The van der Waals surface area contributed by atoms with Crippen LogP contribution in [0.1, 0.15) is 31.0 Å². The number of amides is 1. The molecule has 0 aliphatic heterocycles. The molecule has 0 bridgehead atoms. The van der Waals surface area contributed by atoms with Crippen LogP contribution in [0, 0.1) is 5.92 Å². The van der Waals surface area contributed by atoms with Crippen LogP contribution in [0.15, 0.2) is 65.9 Å². The van der Waals surface area contributed by atoms with Crippen LogP contribution in [0.3, 0.4) is 0 Å². The molecule has 0 atom stereocenters. The Labute approximate surface area is 190 Å². The van der Waals surface area contributed by atoms with E-state index in [1.165, 1.54) is 33.0 Å². The highest BCUT2D eigenvalue weighted by molar-refractivity contribution is 5.94. The van der Waals surface area contributed by atoms with Crippen molar-refractivity contribution in [2.75, 3.05) is 11.9 Å². The van der Waals surface area contributed by atoms with E-state index in [0.717, 1.165) is 39.7 Å². The number of hydrogen-bond donors (Lipinski definition) is 1. The monoisotopic (exact) mass is 458 g/mol. The lowest BCUT2D eigenvalue weighted by atomic mass is 10.0. The zero-order valence-corrected chi connectivity index (χ0v) is 18.3. The number of carbonyl (C=O) groups is 1. The third-order valence-electron chi connectivity index (χ3n) is 4.75. The Morgan fingerprint density at radius 3 is 2.42 bits per heavy atom. The highest BCUT2D eigenvalue weighted by Crippen LogP contribution is 2.29. The van der Waals surface area contributed by atoms with Crippen molar-refractivity contribution in [1.82, 2.24) is 9.78 Å². The molecule has 0 radical (unpaired) electrons. The van der Waals surface area contributed by atoms with Gasteiger partial charge >= 0.3 is 6.18 Å². The average molecular weight is 458 g/mol. The first kappa shape index (κ1) is 24.0. The number of para-hydroxylation sites is 1. The second-order valence-corrected chi connectivity index (χ2v) is 7.69. The Kier molecular flexibility index (Phi) is 7.87. The minimum Gasteiger partial charge on any atom is -0.396 e.